The predicted molar refractivity (Wildman–Crippen MR) is 313 cm³/mol. The number of nitrogens with one attached hydrogen (secondary N) is 10. The zero-order valence-electron chi connectivity index (χ0n) is 48.1. The number of amides is 10. The molecule has 86 heavy (non-hydrogen) atoms. The van der Waals surface area contributed by atoms with Crippen LogP contribution in [-0.4, -0.2) is 130 Å². The Kier molecular flexibility index (Phi) is 16.7. The average molecular weight is 1180 g/mol. The largest absolute Gasteiger partial charge is 0.351 e. The van der Waals surface area contributed by atoms with Crippen LogP contribution in [0.15, 0.2) is 79.9 Å². The van der Waals surface area contributed by atoms with Gasteiger partial charge in [-0.05, 0) is 43.2 Å². The van der Waals surface area contributed by atoms with Gasteiger partial charge in [0.05, 0.1) is 34.5 Å². The number of nitrogens with zero attached hydrogens (tertiary/aromatic N) is 11. The molecular formula is C54H62N22O10. The van der Waals surface area contributed by atoms with E-state index in [1.807, 2.05) is 0 Å². The van der Waals surface area contributed by atoms with E-state index in [2.05, 4.69) is 68.1 Å². The van der Waals surface area contributed by atoms with Gasteiger partial charge in [-0.2, -0.15) is 0 Å². The van der Waals surface area contributed by atoms with Crippen molar-refractivity contribution >= 4 is 105 Å². The van der Waals surface area contributed by atoms with E-state index in [0.29, 0.717) is 5.69 Å². The van der Waals surface area contributed by atoms with Gasteiger partial charge < -0.3 is 95.4 Å². The maximum Gasteiger partial charge on any atom is 0.291 e. The van der Waals surface area contributed by atoms with E-state index in [0.717, 1.165) is 0 Å². The third-order valence-electron chi connectivity index (χ3n) is 13.8. The molecule has 32 heteroatoms. The predicted octanol–water partition coefficient (Wildman–Crippen LogP) is 1.89. The fraction of sp³-hybridized carbons (Fsp3) is 0.278. The van der Waals surface area contributed by atoms with Crippen LogP contribution >= 0.6 is 0 Å². The lowest BCUT2D eigenvalue weighted by atomic mass is 10.1. The molecule has 2 unspecified atom stereocenters. The molecule has 32 nitrogen and oxygen atoms in total. The van der Waals surface area contributed by atoms with Crippen molar-refractivity contribution in [2.24, 2.45) is 68.0 Å². The number of fused-ring (bicyclic) bond motifs is 16. The van der Waals surface area contributed by atoms with Crippen molar-refractivity contribution in [2.75, 3.05) is 55.6 Å². The van der Waals surface area contributed by atoms with Crippen LogP contribution in [0.25, 0.3) is 0 Å². The number of carbonyl (C=O) groups is 10. The van der Waals surface area contributed by atoms with E-state index < -0.39 is 71.0 Å². The zero-order chi connectivity index (χ0) is 62.0. The maximum absolute atomic E-state index is 13.5. The Balaban J connectivity index is 0.887. The minimum Gasteiger partial charge on any atom is -0.351 e. The molecule has 10 amide bonds. The first-order valence-corrected chi connectivity index (χ1v) is 26.5. The second kappa shape index (κ2) is 24.3. The molecule has 9 rings (SSSR count). The number of aryl methyl sites for hydroxylation is 8. The van der Waals surface area contributed by atoms with E-state index in [-0.39, 0.29) is 112 Å². The van der Waals surface area contributed by atoms with Crippen molar-refractivity contribution in [1.82, 2.24) is 62.1 Å². The molecule has 0 fully saturated rings. The summed E-state index contributed by atoms with van der Waals surface area (Å²) in [7, 11) is 12.7. The highest BCUT2D eigenvalue weighted by molar-refractivity contribution is 6.10. The van der Waals surface area contributed by atoms with E-state index in [1.54, 1.807) is 69.5 Å². The molecule has 12 N–H and O–H groups in total. The Morgan fingerprint density at radius 2 is 0.628 bits per heavy atom. The summed E-state index contributed by atoms with van der Waals surface area (Å²) >= 11 is 0. The number of hydrogen-bond donors (Lipinski definition) is 11. The summed E-state index contributed by atoms with van der Waals surface area (Å²) in [6, 6.07) is 6.14. The number of rotatable bonds is 0. The van der Waals surface area contributed by atoms with Crippen LogP contribution in [0.3, 0.4) is 0 Å². The lowest BCUT2D eigenvalue weighted by Gasteiger charge is -2.11. The highest BCUT2D eigenvalue weighted by atomic mass is 16.2. The topological polar surface area (TPSA) is 395 Å². The first-order valence-electron chi connectivity index (χ1n) is 26.5. The number of hydrogen-bond acceptors (Lipinski definition) is 14. The molecule has 8 aromatic heterocycles. The maximum atomic E-state index is 13.5. The lowest BCUT2D eigenvalue weighted by Crippen LogP contribution is -2.39. The normalized spacial score (nSPS) is 16.8. The molecule has 0 saturated carbocycles. The summed E-state index contributed by atoms with van der Waals surface area (Å²) in [6.07, 6.45) is 12.1. The summed E-state index contributed by atoms with van der Waals surface area (Å²) in [4.78, 5) is 147. The number of nitrogens with two attached hydrogens (primary N) is 1. The van der Waals surface area contributed by atoms with Gasteiger partial charge in [0.2, 0.25) is 29.3 Å². The van der Waals surface area contributed by atoms with Gasteiger partial charge in [-0.3, -0.25) is 47.9 Å². The van der Waals surface area contributed by atoms with Crippen LogP contribution < -0.4 is 58.9 Å². The van der Waals surface area contributed by atoms with Crippen LogP contribution in [-0.2, 0) is 66.0 Å². The van der Waals surface area contributed by atoms with Crippen molar-refractivity contribution < 1.29 is 47.9 Å². The summed E-state index contributed by atoms with van der Waals surface area (Å²) in [5.74, 6) is -6.48. The Morgan fingerprint density at radius 1 is 0.349 bits per heavy atom. The molecule has 0 aliphatic carbocycles. The Bertz CT molecular complexity index is 3800. The zero-order valence-corrected chi connectivity index (χ0v) is 48.1. The Labute approximate surface area is 488 Å². The fourth-order valence-corrected chi connectivity index (χ4v) is 9.29. The highest BCUT2D eigenvalue weighted by Gasteiger charge is 2.26. The molecule has 1 aliphatic heterocycles. The van der Waals surface area contributed by atoms with Crippen molar-refractivity contribution in [1.29, 1.82) is 0 Å². The number of carbonyl (C=O) groups excluding carboxylic acids is 10. The molecule has 8 aromatic rings. The number of imidazole rings is 3. The summed E-state index contributed by atoms with van der Waals surface area (Å²) in [6.45, 7) is 1.74. The number of anilines is 8. The van der Waals surface area contributed by atoms with Gasteiger partial charge in [0.25, 0.3) is 47.3 Å². The van der Waals surface area contributed by atoms with Crippen molar-refractivity contribution in [3.63, 3.8) is 0 Å². The SMILES string of the molecule is CC1CCNC(=O)c2cc(cn2C)NC(=O)c2cc(cn2C)NC(=O)c2cc(cn2C)NC(=O)c2nc(cn2C)NC(=O)C(N)CCNC(=O)c2cc(cn2C)NC(=O)c2nc(cn2C)NC(=O)c2cc(cn2C)NC(=O)c2nc(cn2C)NC1=O. The van der Waals surface area contributed by atoms with Crippen LogP contribution in [0.2, 0.25) is 0 Å². The van der Waals surface area contributed by atoms with Gasteiger partial charge in [-0.15, -0.1) is 0 Å². The monoisotopic (exact) mass is 1180 g/mol. The molecule has 0 radical (unpaired) electrons. The van der Waals surface area contributed by atoms with Crippen LogP contribution in [0, 0.1) is 5.92 Å². The van der Waals surface area contributed by atoms with Crippen LogP contribution in [0.5, 0.6) is 0 Å². The third kappa shape index (κ3) is 13.1. The summed E-state index contributed by atoms with van der Waals surface area (Å²) in [5, 5.41) is 27.1. The van der Waals surface area contributed by atoms with E-state index in [1.165, 1.54) is 110 Å². The van der Waals surface area contributed by atoms with Crippen molar-refractivity contribution in [3.8, 4) is 0 Å². The third-order valence-corrected chi connectivity index (χ3v) is 13.8. The summed E-state index contributed by atoms with van der Waals surface area (Å²) < 4.78 is 11.7. The minimum atomic E-state index is -1.11. The molecular weight excluding hydrogens is 1120 g/mol. The highest BCUT2D eigenvalue weighted by Crippen LogP contribution is 2.23. The van der Waals surface area contributed by atoms with Gasteiger partial charge in [-0.1, -0.05) is 6.92 Å². The molecule has 9 heterocycles. The second-order valence-corrected chi connectivity index (χ2v) is 20.6. The first kappa shape index (κ1) is 59.3. The molecule has 0 aromatic carbocycles. The Morgan fingerprint density at radius 3 is 0.977 bits per heavy atom. The second-order valence-electron chi connectivity index (χ2n) is 20.6. The molecule has 16 bridgehead atoms. The summed E-state index contributed by atoms with van der Waals surface area (Å²) in [5.41, 5.74) is 8.32. The number of aromatic nitrogens is 11. The van der Waals surface area contributed by atoms with Crippen molar-refractivity contribution in [2.45, 2.75) is 25.8 Å². The van der Waals surface area contributed by atoms with E-state index in [4.69, 9.17) is 5.73 Å². The average Bonchev–Trinajstić information content (AvgIpc) is 4.48. The fourth-order valence-electron chi connectivity index (χ4n) is 9.29. The quantitative estimate of drug-likeness (QED) is 0.103. The minimum absolute atomic E-state index is 0.00257. The Hall–Kier alpha value is -11.3. The molecule has 0 spiro atoms. The molecule has 2 atom stereocenters. The van der Waals surface area contributed by atoms with Gasteiger partial charge in [0.1, 0.15) is 28.5 Å². The molecule has 1 aliphatic rings. The van der Waals surface area contributed by atoms with E-state index >= 15 is 0 Å². The molecule has 0 saturated heterocycles. The van der Waals surface area contributed by atoms with E-state index in [9.17, 15) is 47.9 Å². The van der Waals surface area contributed by atoms with Gasteiger partial charge in [0.15, 0.2) is 17.5 Å². The van der Waals surface area contributed by atoms with Crippen LogP contribution in [0.4, 0.5) is 45.9 Å². The standard InChI is InChI=1S/C54H62N22O10/c1-27-10-12-56-47(79)34-14-28(19-69(34)2)58-49(81)36-16-29(20-71(36)4)59-50(82)37-17-31(22-72(37)5)61-53(85)43-64-40(25-75(43)8)67-46(78)33(55)11-13-57-48(80)35-15-30(21-70(35)3)60-54(86)44-65-41(26-76(44)9)68-51(83)38-18-32(23-73(38)6)62-52(84)42-63-39(24-74(42)7)66-45(27)77/h14-27,33H,10-13,55H2,1-9H3,(H,56,79)(H,57,80)(H,58,81)(H,59,82)(H,60,86)(H,61,85)(H,62,84)(H,66,77)(H,67,78)(H,68,83). The molecule has 448 valence electrons. The van der Waals surface area contributed by atoms with Crippen molar-refractivity contribution in [3.05, 3.63) is 126 Å². The van der Waals surface area contributed by atoms with Gasteiger partial charge in [-0.25, -0.2) is 15.0 Å². The van der Waals surface area contributed by atoms with Gasteiger partial charge in [0, 0.05) is 125 Å². The lowest BCUT2D eigenvalue weighted by molar-refractivity contribution is -0.119. The smallest absolute Gasteiger partial charge is 0.291 e. The van der Waals surface area contributed by atoms with Gasteiger partial charge >= 0.3 is 0 Å². The van der Waals surface area contributed by atoms with Crippen LogP contribution in [0.1, 0.15) is 104 Å². The first-order chi connectivity index (χ1) is 40.8.